The largest absolute Gasteiger partial charge is 0.395 e. The number of amides is 2. The molecular weight excluding hydrogens is 478 g/mol. The van der Waals surface area contributed by atoms with Crippen molar-refractivity contribution in [1.82, 2.24) is 4.31 Å². The molecule has 1 atom stereocenters. The number of carbonyl (C=O) groups excluding carboxylic acids is 2. The number of sulfonamides is 1. The topological polar surface area (TPSA) is 121 Å². The molecule has 3 N–H and O–H groups in total. The van der Waals surface area contributed by atoms with Crippen molar-refractivity contribution in [3.8, 4) is 0 Å². The van der Waals surface area contributed by atoms with E-state index in [1.165, 1.54) is 39.5 Å². The lowest BCUT2D eigenvalue weighted by atomic mass is 10.1. The number of nitrogens with two attached hydrogens (primary N) is 1. The van der Waals surface area contributed by atoms with Gasteiger partial charge in [0.2, 0.25) is 15.9 Å². The van der Waals surface area contributed by atoms with Crippen LogP contribution in [0.4, 0.5) is 5.69 Å². The molecular formula is C24H22ClN3O5S. The van der Waals surface area contributed by atoms with Crippen LogP contribution >= 0.6 is 11.6 Å². The summed E-state index contributed by atoms with van der Waals surface area (Å²) in [6, 6.07) is 18.1. The van der Waals surface area contributed by atoms with Gasteiger partial charge in [-0.05, 0) is 42.0 Å². The molecule has 3 aromatic rings. The Morgan fingerprint density at radius 2 is 1.71 bits per heavy atom. The second-order valence-electron chi connectivity index (χ2n) is 7.80. The molecule has 3 aromatic carbocycles. The Balaban J connectivity index is 1.78. The molecule has 0 saturated carbocycles. The molecule has 0 aliphatic carbocycles. The second-order valence-corrected chi connectivity index (χ2v) is 10.1. The molecule has 0 bridgehead atoms. The fraction of sp³-hybridized carbons (Fsp3) is 0.167. The minimum absolute atomic E-state index is 0.0310. The lowest BCUT2D eigenvalue weighted by Crippen LogP contribution is -2.48. The predicted molar refractivity (Wildman–Crippen MR) is 128 cm³/mol. The number of aliphatic hydroxyl groups is 1. The van der Waals surface area contributed by atoms with Gasteiger partial charge in [0.25, 0.3) is 5.91 Å². The Morgan fingerprint density at radius 1 is 1.03 bits per heavy atom. The molecule has 1 unspecified atom stereocenters. The Hall–Kier alpha value is -3.24. The van der Waals surface area contributed by atoms with Gasteiger partial charge in [0.05, 0.1) is 28.1 Å². The van der Waals surface area contributed by atoms with E-state index in [0.717, 1.165) is 0 Å². The number of anilines is 1. The first-order valence-electron chi connectivity index (χ1n) is 10.4. The van der Waals surface area contributed by atoms with Crippen LogP contribution in [0.2, 0.25) is 5.02 Å². The van der Waals surface area contributed by atoms with E-state index in [-0.39, 0.29) is 34.1 Å². The maximum atomic E-state index is 13.6. The average molecular weight is 500 g/mol. The van der Waals surface area contributed by atoms with Gasteiger partial charge in [-0.3, -0.25) is 9.59 Å². The van der Waals surface area contributed by atoms with E-state index < -0.39 is 34.5 Å². The number of rotatable bonds is 5. The zero-order chi connectivity index (χ0) is 24.5. The number of carbonyl (C=O) groups is 2. The van der Waals surface area contributed by atoms with Crippen molar-refractivity contribution in [2.75, 3.05) is 18.1 Å². The van der Waals surface area contributed by atoms with Crippen LogP contribution in [0.5, 0.6) is 0 Å². The first kappa shape index (κ1) is 23.9. The Labute approximate surface area is 202 Å². The molecule has 0 aromatic heterocycles. The highest BCUT2D eigenvalue weighted by molar-refractivity contribution is 7.89. The van der Waals surface area contributed by atoms with Crippen LogP contribution in [0.25, 0.3) is 0 Å². The van der Waals surface area contributed by atoms with E-state index >= 15 is 0 Å². The maximum Gasteiger partial charge on any atom is 0.259 e. The Morgan fingerprint density at radius 3 is 2.35 bits per heavy atom. The summed E-state index contributed by atoms with van der Waals surface area (Å²) in [5, 5.41) is 10.2. The Bertz CT molecular complexity index is 1350. The van der Waals surface area contributed by atoms with Gasteiger partial charge in [0.15, 0.2) is 0 Å². The summed E-state index contributed by atoms with van der Waals surface area (Å²) < 4.78 is 28.1. The second kappa shape index (κ2) is 9.55. The molecule has 176 valence electrons. The third-order valence-electron chi connectivity index (χ3n) is 5.70. The number of nitrogens with zero attached hydrogens (tertiary/aromatic N) is 2. The van der Waals surface area contributed by atoms with E-state index in [1.807, 2.05) is 0 Å². The number of hydrogen-bond donors (Lipinski definition) is 2. The summed E-state index contributed by atoms with van der Waals surface area (Å²) in [6.07, 6.45) is 0. The molecule has 0 spiro atoms. The third-order valence-corrected chi connectivity index (χ3v) is 7.92. The summed E-state index contributed by atoms with van der Waals surface area (Å²) in [5.74, 6) is -1.17. The molecule has 0 fully saturated rings. The van der Waals surface area contributed by atoms with Crippen molar-refractivity contribution in [3.05, 3.63) is 94.5 Å². The maximum absolute atomic E-state index is 13.6. The molecule has 0 saturated heterocycles. The zero-order valence-corrected chi connectivity index (χ0v) is 19.5. The summed E-state index contributed by atoms with van der Waals surface area (Å²) >= 11 is 6.30. The number of hydrogen-bond acceptors (Lipinski definition) is 5. The smallest absolute Gasteiger partial charge is 0.259 e. The van der Waals surface area contributed by atoms with Crippen LogP contribution in [0, 0.1) is 0 Å². The summed E-state index contributed by atoms with van der Waals surface area (Å²) in [4.78, 5) is 26.5. The number of para-hydroxylation sites is 1. The normalized spacial score (nSPS) is 16.5. The summed E-state index contributed by atoms with van der Waals surface area (Å²) in [5.41, 5.74) is 6.67. The average Bonchev–Trinajstić information content (AvgIpc) is 3.01. The quantitative estimate of drug-likeness (QED) is 0.559. The molecule has 8 nitrogen and oxygen atoms in total. The van der Waals surface area contributed by atoms with Crippen LogP contribution in [0.15, 0.2) is 77.7 Å². The number of halogens is 1. The minimum Gasteiger partial charge on any atom is -0.395 e. The van der Waals surface area contributed by atoms with Crippen molar-refractivity contribution >= 4 is 39.1 Å². The van der Waals surface area contributed by atoms with Crippen molar-refractivity contribution < 1.29 is 23.1 Å². The molecule has 1 aliphatic heterocycles. The van der Waals surface area contributed by atoms with E-state index in [9.17, 15) is 23.1 Å². The minimum atomic E-state index is -3.97. The number of benzene rings is 3. The molecule has 1 aliphatic rings. The van der Waals surface area contributed by atoms with Gasteiger partial charge in [-0.25, -0.2) is 8.42 Å². The van der Waals surface area contributed by atoms with Gasteiger partial charge in [-0.1, -0.05) is 48.0 Å². The van der Waals surface area contributed by atoms with Crippen LogP contribution < -0.4 is 10.6 Å². The van der Waals surface area contributed by atoms with Crippen molar-refractivity contribution in [3.63, 3.8) is 0 Å². The van der Waals surface area contributed by atoms with Gasteiger partial charge in [-0.2, -0.15) is 4.31 Å². The molecule has 10 heteroatoms. The third kappa shape index (κ3) is 4.43. The number of aliphatic hydroxyl groups excluding tert-OH is 1. The monoisotopic (exact) mass is 499 g/mol. The fourth-order valence-corrected chi connectivity index (χ4v) is 5.81. The summed E-state index contributed by atoms with van der Waals surface area (Å²) in [6.45, 7) is -0.638. The Kier molecular flexibility index (Phi) is 6.72. The first-order valence-corrected chi connectivity index (χ1v) is 12.2. The van der Waals surface area contributed by atoms with Gasteiger partial charge < -0.3 is 15.7 Å². The highest BCUT2D eigenvalue weighted by atomic mass is 35.5. The van der Waals surface area contributed by atoms with E-state index in [0.29, 0.717) is 11.3 Å². The fourth-order valence-electron chi connectivity index (χ4n) is 3.94. The van der Waals surface area contributed by atoms with Crippen LogP contribution in [-0.4, -0.2) is 48.8 Å². The van der Waals surface area contributed by atoms with Gasteiger partial charge in [0.1, 0.15) is 0 Å². The highest BCUT2D eigenvalue weighted by Gasteiger charge is 2.38. The molecule has 1 heterocycles. The first-order chi connectivity index (χ1) is 16.2. The van der Waals surface area contributed by atoms with Crippen LogP contribution in [0.3, 0.4) is 0 Å². The zero-order valence-electron chi connectivity index (χ0n) is 18.0. The lowest BCUT2D eigenvalue weighted by Gasteiger charge is -2.30. The van der Waals surface area contributed by atoms with Crippen molar-refractivity contribution in [2.45, 2.75) is 17.5 Å². The SMILES string of the molecule is NC(=O)c1ccc(C(=O)N2CC(CO)N(S(=O)(=O)c3ccccc3)Cc3ccccc32)c(Cl)c1. The molecule has 0 radical (unpaired) electrons. The van der Waals surface area contributed by atoms with Crippen LogP contribution in [-0.2, 0) is 16.6 Å². The molecule has 2 amide bonds. The van der Waals surface area contributed by atoms with E-state index in [1.54, 1.807) is 42.5 Å². The predicted octanol–water partition coefficient (Wildman–Crippen LogP) is 2.65. The highest BCUT2D eigenvalue weighted by Crippen LogP contribution is 2.33. The van der Waals surface area contributed by atoms with Gasteiger partial charge in [-0.15, -0.1) is 0 Å². The standard InChI is InChI=1S/C24H22ClN3O5S/c25-21-12-16(23(26)30)10-11-20(21)24(31)27-14-18(15-29)28(13-17-6-4-5-9-22(17)27)34(32,33)19-7-2-1-3-8-19/h1-12,18,29H,13-15H2,(H2,26,30). The van der Waals surface area contributed by atoms with Gasteiger partial charge >= 0.3 is 0 Å². The van der Waals surface area contributed by atoms with E-state index in [2.05, 4.69) is 0 Å². The number of fused-ring (bicyclic) bond motifs is 1. The van der Waals surface area contributed by atoms with Crippen molar-refractivity contribution in [1.29, 1.82) is 0 Å². The van der Waals surface area contributed by atoms with E-state index in [4.69, 9.17) is 17.3 Å². The number of primary amides is 1. The van der Waals surface area contributed by atoms with Crippen LogP contribution in [0.1, 0.15) is 26.3 Å². The van der Waals surface area contributed by atoms with Crippen molar-refractivity contribution in [2.24, 2.45) is 5.73 Å². The van der Waals surface area contributed by atoms with Gasteiger partial charge in [0, 0.05) is 24.3 Å². The molecule has 34 heavy (non-hydrogen) atoms. The summed E-state index contributed by atoms with van der Waals surface area (Å²) in [7, 11) is -3.97. The lowest BCUT2D eigenvalue weighted by molar-refractivity contribution is 0.0972. The molecule has 4 rings (SSSR count).